The second kappa shape index (κ2) is 9.55. The summed E-state index contributed by atoms with van der Waals surface area (Å²) in [6.07, 6.45) is 3.19. The average molecular weight is 489 g/mol. The molecule has 1 aromatic heterocycles. The van der Waals surface area contributed by atoms with Gasteiger partial charge in [0.1, 0.15) is 18.0 Å². The van der Waals surface area contributed by atoms with Gasteiger partial charge < -0.3 is 19.9 Å². The highest BCUT2D eigenvalue weighted by Gasteiger charge is 2.25. The predicted octanol–water partition coefficient (Wildman–Crippen LogP) is 5.94. The topological polar surface area (TPSA) is 57.9 Å². The van der Waals surface area contributed by atoms with Crippen LogP contribution in [0, 0.1) is 18.2 Å². The number of piperazine rings is 1. The maximum atomic E-state index is 15.1. The number of nitrogens with zero attached hydrogens (tertiary/aromatic N) is 5. The van der Waals surface area contributed by atoms with Crippen molar-refractivity contribution in [1.29, 1.82) is 0 Å². The van der Waals surface area contributed by atoms with Crippen molar-refractivity contribution in [3.8, 4) is 11.6 Å². The van der Waals surface area contributed by atoms with E-state index in [-0.39, 0.29) is 28.7 Å². The van der Waals surface area contributed by atoms with Crippen LogP contribution in [0.5, 0.6) is 11.6 Å². The summed E-state index contributed by atoms with van der Waals surface area (Å²) in [6, 6.07) is 9.35. The number of likely N-dealkylation sites (N-methyl/N-ethyl adjacent to an activating group) is 1. The largest absolute Gasteiger partial charge is 0.446 e. The van der Waals surface area contributed by atoms with Crippen LogP contribution in [0.1, 0.15) is 25.0 Å². The zero-order chi connectivity index (χ0) is 25.4. The lowest BCUT2D eigenvalue weighted by atomic mass is 10.1. The van der Waals surface area contributed by atoms with Crippen LogP contribution in [-0.4, -0.2) is 47.6 Å². The third-order valence-electron chi connectivity index (χ3n) is 6.73. The van der Waals surface area contributed by atoms with Gasteiger partial charge in [0.2, 0.25) is 5.88 Å². The zero-order valence-corrected chi connectivity index (χ0v) is 20.3. The van der Waals surface area contributed by atoms with E-state index in [1.165, 1.54) is 6.33 Å². The fourth-order valence-corrected chi connectivity index (χ4v) is 4.55. The molecule has 1 N–H and O–H groups in total. The second-order valence-electron chi connectivity index (χ2n) is 9.27. The van der Waals surface area contributed by atoms with Crippen molar-refractivity contribution < 1.29 is 13.5 Å². The summed E-state index contributed by atoms with van der Waals surface area (Å²) in [5.41, 5.74) is 3.17. The van der Waals surface area contributed by atoms with Gasteiger partial charge >= 0.3 is 0 Å². The van der Waals surface area contributed by atoms with E-state index in [1.54, 1.807) is 6.08 Å². The molecule has 7 nitrogen and oxygen atoms in total. The van der Waals surface area contributed by atoms with Gasteiger partial charge in [0, 0.05) is 54.2 Å². The number of hydrogen-bond acceptors (Lipinski definition) is 6. The highest BCUT2D eigenvalue weighted by molar-refractivity contribution is 5.76. The first-order chi connectivity index (χ1) is 17.3. The molecule has 2 aliphatic rings. The maximum Gasteiger partial charge on any atom is 0.288 e. The van der Waals surface area contributed by atoms with Gasteiger partial charge in [0.05, 0.1) is 6.57 Å². The van der Waals surface area contributed by atoms with Crippen molar-refractivity contribution in [3.63, 3.8) is 0 Å². The SMILES string of the molecule is [C-]#[N+]c1c(Nc2ccc(N3CCN(C)C(C)C3)cc2)ncnc1Oc1cc(F)c2c(c1F)C=C(C)C2. The smallest absolute Gasteiger partial charge is 0.288 e. The number of rotatable bonds is 5. The third kappa shape index (κ3) is 4.48. The Labute approximate surface area is 208 Å². The van der Waals surface area contributed by atoms with Gasteiger partial charge in [-0.05, 0) is 51.6 Å². The molecule has 5 rings (SSSR count). The van der Waals surface area contributed by atoms with E-state index in [2.05, 4.69) is 43.9 Å². The molecule has 0 bridgehead atoms. The molecular formula is C27H26F2N6O. The molecule has 9 heteroatoms. The van der Waals surface area contributed by atoms with Crippen molar-refractivity contribution in [3.05, 3.63) is 76.4 Å². The minimum atomic E-state index is -0.680. The molecule has 1 unspecified atom stereocenters. The fraction of sp³-hybridized carbons (Fsp3) is 0.296. The van der Waals surface area contributed by atoms with Gasteiger partial charge in [-0.3, -0.25) is 0 Å². The molecule has 1 atom stereocenters. The van der Waals surface area contributed by atoms with Crippen LogP contribution >= 0.6 is 0 Å². The number of hydrogen-bond donors (Lipinski definition) is 1. The Morgan fingerprint density at radius 1 is 1.17 bits per heavy atom. The van der Waals surface area contributed by atoms with E-state index in [9.17, 15) is 4.39 Å². The van der Waals surface area contributed by atoms with Gasteiger partial charge in [0.25, 0.3) is 5.69 Å². The number of aromatic nitrogens is 2. The summed E-state index contributed by atoms with van der Waals surface area (Å²) in [5, 5.41) is 3.12. The number of benzene rings is 2. The molecule has 0 radical (unpaired) electrons. The summed E-state index contributed by atoms with van der Waals surface area (Å²) in [4.78, 5) is 16.4. The Morgan fingerprint density at radius 2 is 1.94 bits per heavy atom. The Hall–Kier alpha value is -4.03. The first-order valence-electron chi connectivity index (χ1n) is 11.7. The van der Waals surface area contributed by atoms with E-state index in [1.807, 2.05) is 31.2 Å². The lowest BCUT2D eigenvalue weighted by Gasteiger charge is -2.39. The first-order valence-corrected chi connectivity index (χ1v) is 11.7. The highest BCUT2D eigenvalue weighted by atomic mass is 19.1. The Morgan fingerprint density at radius 3 is 2.67 bits per heavy atom. The fourth-order valence-electron chi connectivity index (χ4n) is 4.55. The van der Waals surface area contributed by atoms with Crippen molar-refractivity contribution in [1.82, 2.24) is 14.9 Å². The summed E-state index contributed by atoms with van der Waals surface area (Å²) < 4.78 is 35.2. The van der Waals surface area contributed by atoms with E-state index < -0.39 is 11.6 Å². The van der Waals surface area contributed by atoms with Crippen molar-refractivity contribution in [2.24, 2.45) is 0 Å². The van der Waals surface area contributed by atoms with E-state index in [0.29, 0.717) is 18.0 Å². The number of ether oxygens (including phenoxy) is 1. The molecule has 1 aliphatic carbocycles. The van der Waals surface area contributed by atoms with Crippen LogP contribution in [0.3, 0.4) is 0 Å². The molecule has 1 fully saturated rings. The number of anilines is 3. The van der Waals surface area contributed by atoms with Crippen molar-refractivity contribution >= 4 is 29.0 Å². The monoisotopic (exact) mass is 488 g/mol. The lowest BCUT2D eigenvalue weighted by molar-refractivity contribution is 0.234. The van der Waals surface area contributed by atoms with E-state index in [0.717, 1.165) is 42.6 Å². The average Bonchev–Trinajstić information content (AvgIpc) is 3.27. The molecule has 0 spiro atoms. The Balaban J connectivity index is 1.37. The van der Waals surface area contributed by atoms with Gasteiger partial charge in [0.15, 0.2) is 11.6 Å². The van der Waals surface area contributed by atoms with Gasteiger partial charge in [-0.1, -0.05) is 11.6 Å². The van der Waals surface area contributed by atoms with Crippen LogP contribution in [0.25, 0.3) is 10.9 Å². The molecule has 0 saturated carbocycles. The molecule has 2 heterocycles. The minimum Gasteiger partial charge on any atom is -0.446 e. The molecule has 1 aliphatic heterocycles. The van der Waals surface area contributed by atoms with Crippen LogP contribution in [0.15, 0.2) is 42.2 Å². The standard InChI is InChI=1S/C27H26F2N6O/c1-16-11-20-21(12-16)24(29)23(13-22(20)28)36-27-25(30-3)26(31-15-32-27)33-18-5-7-19(8-6-18)35-10-9-34(4)17(2)14-35/h5-8,12-13,15,17H,9-11,14H2,1-2,4H3,(H,31,32,33). The van der Waals surface area contributed by atoms with Crippen molar-refractivity contribution in [2.45, 2.75) is 26.3 Å². The number of allylic oxidation sites excluding steroid dienone is 1. The molecule has 3 aromatic rings. The Bertz CT molecular complexity index is 1380. The van der Waals surface area contributed by atoms with Crippen LogP contribution in [-0.2, 0) is 6.42 Å². The highest BCUT2D eigenvalue weighted by Crippen LogP contribution is 2.40. The summed E-state index contributed by atoms with van der Waals surface area (Å²) in [7, 11) is 2.14. The zero-order valence-electron chi connectivity index (χ0n) is 20.3. The maximum absolute atomic E-state index is 15.1. The summed E-state index contributed by atoms with van der Waals surface area (Å²) in [5.74, 6) is -1.49. The normalized spacial score (nSPS) is 17.4. The van der Waals surface area contributed by atoms with E-state index >= 15 is 4.39 Å². The van der Waals surface area contributed by atoms with Gasteiger partial charge in [-0.25, -0.2) is 23.6 Å². The minimum absolute atomic E-state index is 0.0264. The first kappa shape index (κ1) is 23.7. The molecule has 36 heavy (non-hydrogen) atoms. The Kier molecular flexibility index (Phi) is 6.29. The van der Waals surface area contributed by atoms with Crippen molar-refractivity contribution in [2.75, 3.05) is 36.9 Å². The van der Waals surface area contributed by atoms with Crippen LogP contribution < -0.4 is 15.0 Å². The van der Waals surface area contributed by atoms with Gasteiger partial charge in [-0.15, -0.1) is 0 Å². The predicted molar refractivity (Wildman–Crippen MR) is 136 cm³/mol. The van der Waals surface area contributed by atoms with Crippen LogP contribution in [0.2, 0.25) is 0 Å². The molecular weight excluding hydrogens is 462 g/mol. The summed E-state index contributed by atoms with van der Waals surface area (Å²) in [6.45, 7) is 14.6. The van der Waals surface area contributed by atoms with Crippen LogP contribution in [0.4, 0.5) is 31.7 Å². The summed E-state index contributed by atoms with van der Waals surface area (Å²) >= 11 is 0. The number of halogens is 2. The molecule has 0 amide bonds. The second-order valence-corrected chi connectivity index (χ2v) is 9.27. The molecule has 184 valence electrons. The number of fused-ring (bicyclic) bond motifs is 1. The van der Waals surface area contributed by atoms with Gasteiger partial charge in [-0.2, -0.15) is 0 Å². The molecule has 1 saturated heterocycles. The van der Waals surface area contributed by atoms with E-state index in [4.69, 9.17) is 11.3 Å². The third-order valence-corrected chi connectivity index (χ3v) is 6.73. The number of nitrogens with one attached hydrogen (secondary N) is 1. The molecule has 2 aromatic carbocycles. The lowest BCUT2D eigenvalue weighted by Crippen LogP contribution is -2.50. The quantitative estimate of drug-likeness (QED) is 0.449.